The Balaban J connectivity index is 2.37. The van der Waals surface area contributed by atoms with Gasteiger partial charge in [0, 0.05) is 16.7 Å². The van der Waals surface area contributed by atoms with Crippen LogP contribution in [0.15, 0.2) is 23.2 Å². The van der Waals surface area contributed by atoms with Gasteiger partial charge in [0.05, 0.1) is 12.2 Å². The number of ether oxygens (including phenoxy) is 1. The van der Waals surface area contributed by atoms with Gasteiger partial charge in [0.2, 0.25) is 0 Å². The van der Waals surface area contributed by atoms with Gasteiger partial charge in [0.25, 0.3) is 0 Å². The number of nitrogens with zero attached hydrogens (tertiary/aromatic N) is 2. The first-order chi connectivity index (χ1) is 10.1. The number of thiophene rings is 1. The lowest BCUT2D eigenvalue weighted by molar-refractivity contribution is 0.318. The summed E-state index contributed by atoms with van der Waals surface area (Å²) in [6, 6.07) is 7.43. The van der Waals surface area contributed by atoms with Crippen molar-refractivity contribution in [2.24, 2.45) is 4.99 Å². The minimum Gasteiger partial charge on any atom is -0.504 e. The molecule has 0 aliphatic rings. The highest BCUT2D eigenvalue weighted by molar-refractivity contribution is 7.16. The molecular formula is C16H16N2O2S. The third-order valence-corrected chi connectivity index (χ3v) is 4.24. The van der Waals surface area contributed by atoms with Gasteiger partial charge in [-0.2, -0.15) is 5.26 Å². The summed E-state index contributed by atoms with van der Waals surface area (Å²) in [4.78, 5) is 5.42. The molecule has 0 fully saturated rings. The first kappa shape index (κ1) is 15.1. The number of hydrogen-bond donors (Lipinski definition) is 1. The van der Waals surface area contributed by atoms with E-state index < -0.39 is 0 Å². The lowest BCUT2D eigenvalue weighted by Gasteiger charge is -2.06. The molecule has 1 N–H and O–H groups in total. The molecule has 0 aliphatic carbocycles. The molecule has 0 unspecified atom stereocenters. The SMILES string of the molecule is CCOc1cccc(/C=N/c2sc(C)c(C)c2C#N)c1O. The van der Waals surface area contributed by atoms with Gasteiger partial charge < -0.3 is 9.84 Å². The molecule has 0 amide bonds. The predicted octanol–water partition coefficient (Wildman–Crippen LogP) is 4.09. The maximum atomic E-state index is 10.1. The first-order valence-corrected chi connectivity index (χ1v) is 7.39. The molecule has 1 heterocycles. The Morgan fingerprint density at radius 1 is 1.43 bits per heavy atom. The molecule has 0 aliphatic heterocycles. The average Bonchev–Trinajstić information content (AvgIpc) is 2.75. The standard InChI is InChI=1S/C16H16N2O2S/c1-4-20-14-7-5-6-12(15(14)19)9-18-16-13(8-17)10(2)11(3)21-16/h5-7,9,19H,4H2,1-3H3/b18-9+. The van der Waals surface area contributed by atoms with Crippen LogP contribution in [0.1, 0.15) is 28.5 Å². The largest absolute Gasteiger partial charge is 0.504 e. The lowest BCUT2D eigenvalue weighted by atomic mass is 10.2. The maximum absolute atomic E-state index is 10.1. The smallest absolute Gasteiger partial charge is 0.166 e. The van der Waals surface area contributed by atoms with E-state index in [0.29, 0.717) is 28.5 Å². The van der Waals surface area contributed by atoms with Crippen LogP contribution in [-0.4, -0.2) is 17.9 Å². The number of para-hydroxylation sites is 1. The molecule has 1 aromatic carbocycles. The molecule has 5 heteroatoms. The Hall–Kier alpha value is -2.32. The van der Waals surface area contributed by atoms with Gasteiger partial charge in [-0.1, -0.05) is 6.07 Å². The van der Waals surface area contributed by atoms with E-state index >= 15 is 0 Å². The fourth-order valence-corrected chi connectivity index (χ4v) is 2.83. The number of aryl methyl sites for hydroxylation is 1. The zero-order chi connectivity index (χ0) is 15.4. The number of aliphatic imine (C=N–C) groups is 1. The van der Waals surface area contributed by atoms with Gasteiger partial charge in [-0.3, -0.25) is 0 Å². The van der Waals surface area contributed by atoms with E-state index in [1.165, 1.54) is 11.3 Å². The maximum Gasteiger partial charge on any atom is 0.166 e. The van der Waals surface area contributed by atoms with E-state index in [0.717, 1.165) is 10.4 Å². The number of phenols is 1. The molecule has 0 atom stereocenters. The molecular weight excluding hydrogens is 284 g/mol. The van der Waals surface area contributed by atoms with Gasteiger partial charge in [0.1, 0.15) is 11.1 Å². The topological polar surface area (TPSA) is 65.6 Å². The second-order valence-electron chi connectivity index (χ2n) is 4.46. The summed E-state index contributed by atoms with van der Waals surface area (Å²) in [5.41, 5.74) is 2.12. The highest BCUT2D eigenvalue weighted by Crippen LogP contribution is 2.35. The second kappa shape index (κ2) is 6.42. The average molecular weight is 300 g/mol. The van der Waals surface area contributed by atoms with Crippen LogP contribution in [-0.2, 0) is 0 Å². The summed E-state index contributed by atoms with van der Waals surface area (Å²) in [6.45, 7) is 6.22. The van der Waals surface area contributed by atoms with Crippen LogP contribution in [0.5, 0.6) is 11.5 Å². The molecule has 0 saturated carbocycles. The summed E-state index contributed by atoms with van der Waals surface area (Å²) < 4.78 is 5.34. The van der Waals surface area contributed by atoms with Gasteiger partial charge >= 0.3 is 0 Å². The van der Waals surface area contributed by atoms with Crippen molar-refractivity contribution in [3.63, 3.8) is 0 Å². The monoisotopic (exact) mass is 300 g/mol. The Kier molecular flexibility index (Phi) is 4.61. The zero-order valence-corrected chi connectivity index (χ0v) is 13.0. The van der Waals surface area contributed by atoms with E-state index in [4.69, 9.17) is 4.74 Å². The van der Waals surface area contributed by atoms with Gasteiger partial charge in [-0.25, -0.2) is 4.99 Å². The predicted molar refractivity (Wildman–Crippen MR) is 85.0 cm³/mol. The number of aromatic hydroxyl groups is 1. The lowest BCUT2D eigenvalue weighted by Crippen LogP contribution is -1.93. The number of benzene rings is 1. The Labute approximate surface area is 128 Å². The van der Waals surface area contributed by atoms with Crippen LogP contribution in [0.2, 0.25) is 0 Å². The molecule has 0 spiro atoms. The molecule has 1 aromatic heterocycles. The molecule has 2 aromatic rings. The van der Waals surface area contributed by atoms with Crippen LogP contribution in [0.4, 0.5) is 5.00 Å². The number of rotatable bonds is 4. The fraction of sp³-hybridized carbons (Fsp3) is 0.250. The molecule has 0 bridgehead atoms. The van der Waals surface area contributed by atoms with Gasteiger partial charge in [-0.15, -0.1) is 11.3 Å². The minimum absolute atomic E-state index is 0.0617. The van der Waals surface area contributed by atoms with Gasteiger partial charge in [0.15, 0.2) is 11.5 Å². The van der Waals surface area contributed by atoms with Crippen molar-refractivity contribution in [1.29, 1.82) is 5.26 Å². The van der Waals surface area contributed by atoms with Crippen LogP contribution in [0, 0.1) is 25.2 Å². The number of phenolic OH excluding ortho intramolecular Hbond substituents is 1. The quantitative estimate of drug-likeness (QED) is 0.865. The Bertz CT molecular complexity index is 727. The molecule has 4 nitrogen and oxygen atoms in total. The van der Waals surface area contributed by atoms with Crippen molar-refractivity contribution in [2.45, 2.75) is 20.8 Å². The highest BCUT2D eigenvalue weighted by atomic mass is 32.1. The van der Waals surface area contributed by atoms with E-state index in [1.54, 1.807) is 24.4 Å². The second-order valence-corrected chi connectivity index (χ2v) is 5.66. The third-order valence-electron chi connectivity index (χ3n) is 3.13. The Morgan fingerprint density at radius 3 is 2.86 bits per heavy atom. The number of nitriles is 1. The molecule has 0 saturated heterocycles. The van der Waals surface area contributed by atoms with Gasteiger partial charge in [-0.05, 0) is 38.5 Å². The minimum atomic E-state index is 0.0617. The van der Waals surface area contributed by atoms with Crippen molar-refractivity contribution >= 4 is 22.6 Å². The molecule has 108 valence electrons. The summed E-state index contributed by atoms with van der Waals surface area (Å²) in [5, 5.41) is 20.0. The van der Waals surface area contributed by atoms with E-state index in [9.17, 15) is 10.4 Å². The summed E-state index contributed by atoms with van der Waals surface area (Å²) in [7, 11) is 0. The highest BCUT2D eigenvalue weighted by Gasteiger charge is 2.11. The summed E-state index contributed by atoms with van der Waals surface area (Å²) in [6.07, 6.45) is 1.56. The third kappa shape index (κ3) is 3.06. The van der Waals surface area contributed by atoms with Crippen molar-refractivity contribution < 1.29 is 9.84 Å². The Morgan fingerprint density at radius 2 is 2.19 bits per heavy atom. The zero-order valence-electron chi connectivity index (χ0n) is 12.2. The molecule has 21 heavy (non-hydrogen) atoms. The summed E-state index contributed by atoms with van der Waals surface area (Å²) in [5.74, 6) is 0.493. The first-order valence-electron chi connectivity index (χ1n) is 6.57. The molecule has 0 radical (unpaired) electrons. The van der Waals surface area contributed by atoms with Crippen LogP contribution < -0.4 is 4.74 Å². The summed E-state index contributed by atoms with van der Waals surface area (Å²) >= 11 is 1.47. The van der Waals surface area contributed by atoms with Crippen molar-refractivity contribution in [1.82, 2.24) is 0 Å². The van der Waals surface area contributed by atoms with E-state index in [1.807, 2.05) is 20.8 Å². The van der Waals surface area contributed by atoms with Crippen LogP contribution in [0.3, 0.4) is 0 Å². The fourth-order valence-electron chi connectivity index (χ4n) is 1.88. The van der Waals surface area contributed by atoms with Crippen LogP contribution in [0.25, 0.3) is 0 Å². The number of hydrogen-bond acceptors (Lipinski definition) is 5. The van der Waals surface area contributed by atoms with E-state index in [2.05, 4.69) is 11.1 Å². The normalized spacial score (nSPS) is 10.8. The van der Waals surface area contributed by atoms with E-state index in [-0.39, 0.29) is 5.75 Å². The van der Waals surface area contributed by atoms with Crippen molar-refractivity contribution in [3.05, 3.63) is 39.8 Å². The van der Waals surface area contributed by atoms with Crippen LogP contribution >= 0.6 is 11.3 Å². The van der Waals surface area contributed by atoms with Crippen molar-refractivity contribution in [2.75, 3.05) is 6.61 Å². The van der Waals surface area contributed by atoms with Crippen molar-refractivity contribution in [3.8, 4) is 17.6 Å². The molecule has 2 rings (SSSR count).